The van der Waals surface area contributed by atoms with Crippen molar-refractivity contribution in [2.45, 2.75) is 50.7 Å². The number of aromatic nitrogens is 2. The summed E-state index contributed by atoms with van der Waals surface area (Å²) < 4.78 is 56.3. The third-order valence-corrected chi connectivity index (χ3v) is 8.80. The van der Waals surface area contributed by atoms with E-state index in [9.17, 15) is 33.1 Å². The Hall–Kier alpha value is -5.05. The molecule has 0 amide bonds. The number of rotatable bonds is 7. The van der Waals surface area contributed by atoms with Gasteiger partial charge >= 0.3 is 11.9 Å². The average Bonchev–Trinajstić information content (AvgIpc) is 3.97. The number of pyridine rings is 2. The molecule has 0 radical (unpaired) electrons. The number of aromatic carboxylic acids is 2. The lowest BCUT2D eigenvalue weighted by atomic mass is 10.1. The monoisotopic (exact) mass is 670 g/mol. The van der Waals surface area contributed by atoms with E-state index in [2.05, 4.69) is 5.32 Å². The smallest absolute Gasteiger partial charge is 0.341 e. The second-order valence-electron chi connectivity index (χ2n) is 12.2. The molecule has 2 aromatic carbocycles. The zero-order valence-corrected chi connectivity index (χ0v) is 26.3. The number of carbonyl (C=O) groups is 2. The highest BCUT2D eigenvalue weighted by Crippen LogP contribution is 2.44. The van der Waals surface area contributed by atoms with E-state index in [1.165, 1.54) is 31.2 Å². The van der Waals surface area contributed by atoms with E-state index in [4.69, 9.17) is 14.6 Å². The molecule has 3 fully saturated rings. The largest absolute Gasteiger partial charge is 0.492 e. The van der Waals surface area contributed by atoms with E-state index < -0.39 is 45.8 Å². The summed E-state index contributed by atoms with van der Waals surface area (Å²) in [6.45, 7) is 3.97. The summed E-state index contributed by atoms with van der Waals surface area (Å²) in [5.41, 5.74) is -1.47. The highest BCUT2D eigenvalue weighted by molar-refractivity contribution is 5.97. The number of methoxy groups -OCH3 is 2. The number of anilines is 1. The Kier molecular flexibility index (Phi) is 8.58. The van der Waals surface area contributed by atoms with Crippen molar-refractivity contribution in [1.29, 1.82) is 0 Å². The van der Waals surface area contributed by atoms with Crippen LogP contribution in [0.2, 0.25) is 0 Å². The van der Waals surface area contributed by atoms with Gasteiger partial charge in [0, 0.05) is 50.2 Å². The summed E-state index contributed by atoms with van der Waals surface area (Å²) in [7, 11) is 2.63. The molecular formula is C33H33F3N4O8. The van der Waals surface area contributed by atoms with Gasteiger partial charge in [-0.3, -0.25) is 9.59 Å². The number of nitrogens with zero attached hydrogens (tertiary/aromatic N) is 3. The van der Waals surface area contributed by atoms with E-state index in [1.54, 1.807) is 4.57 Å². The van der Waals surface area contributed by atoms with Crippen LogP contribution in [0.5, 0.6) is 11.5 Å². The minimum Gasteiger partial charge on any atom is -0.492 e. The molecular weight excluding hydrogens is 637 g/mol. The number of ether oxygens (including phenoxy) is 2. The Balaban J connectivity index is 0.000000173. The number of benzene rings is 2. The molecule has 3 aliphatic rings. The first kappa shape index (κ1) is 32.9. The zero-order chi connectivity index (χ0) is 34.6. The van der Waals surface area contributed by atoms with E-state index in [0.29, 0.717) is 30.0 Å². The number of piperazine rings is 1. The predicted octanol–water partition coefficient (Wildman–Crippen LogP) is 4.30. The molecule has 12 nitrogen and oxygen atoms in total. The molecule has 2 aliphatic carbocycles. The maximum Gasteiger partial charge on any atom is 0.341 e. The van der Waals surface area contributed by atoms with E-state index in [0.717, 1.165) is 44.4 Å². The predicted molar refractivity (Wildman–Crippen MR) is 170 cm³/mol. The maximum atomic E-state index is 15.1. The molecule has 0 spiro atoms. The molecule has 48 heavy (non-hydrogen) atoms. The minimum absolute atomic E-state index is 0.0371. The summed E-state index contributed by atoms with van der Waals surface area (Å²) in [6, 6.07) is 2.14. The fourth-order valence-corrected chi connectivity index (χ4v) is 6.27. The van der Waals surface area contributed by atoms with Crippen LogP contribution in [0.3, 0.4) is 0 Å². The maximum absolute atomic E-state index is 15.1. The van der Waals surface area contributed by atoms with Crippen molar-refractivity contribution in [3.05, 3.63) is 73.6 Å². The van der Waals surface area contributed by atoms with Crippen molar-refractivity contribution >= 4 is 39.4 Å². The molecule has 0 bridgehead atoms. The van der Waals surface area contributed by atoms with Crippen molar-refractivity contribution in [2.75, 3.05) is 38.8 Å². The minimum atomic E-state index is -1.40. The van der Waals surface area contributed by atoms with Crippen molar-refractivity contribution < 1.29 is 42.4 Å². The lowest BCUT2D eigenvalue weighted by molar-refractivity contribution is 0.0684. The molecule has 2 aromatic heterocycles. The molecule has 15 heteroatoms. The molecule has 1 atom stereocenters. The highest BCUT2D eigenvalue weighted by Gasteiger charge is 2.33. The van der Waals surface area contributed by atoms with Gasteiger partial charge in [-0.25, -0.2) is 18.4 Å². The molecule has 1 aliphatic heterocycles. The van der Waals surface area contributed by atoms with Crippen LogP contribution in [0.25, 0.3) is 21.8 Å². The Bertz CT molecular complexity index is 2110. The van der Waals surface area contributed by atoms with Gasteiger partial charge < -0.3 is 39.0 Å². The molecule has 3 N–H and O–H groups in total. The van der Waals surface area contributed by atoms with Crippen LogP contribution in [0.15, 0.2) is 34.1 Å². The van der Waals surface area contributed by atoms with E-state index >= 15 is 4.39 Å². The molecule has 1 unspecified atom stereocenters. The van der Waals surface area contributed by atoms with Gasteiger partial charge in [-0.1, -0.05) is 0 Å². The number of hydrogen-bond acceptors (Lipinski definition) is 8. The first-order valence-corrected chi connectivity index (χ1v) is 15.4. The quantitative estimate of drug-likeness (QED) is 0.260. The summed E-state index contributed by atoms with van der Waals surface area (Å²) >= 11 is 0. The first-order valence-electron chi connectivity index (χ1n) is 15.4. The molecule has 1 saturated heterocycles. The number of hydrogen-bond donors (Lipinski definition) is 3. The number of fused-ring (bicyclic) bond motifs is 2. The Morgan fingerprint density at radius 1 is 0.812 bits per heavy atom. The van der Waals surface area contributed by atoms with Gasteiger partial charge in [0.2, 0.25) is 16.7 Å². The summed E-state index contributed by atoms with van der Waals surface area (Å²) in [4.78, 5) is 49.4. The second-order valence-corrected chi connectivity index (χ2v) is 12.2. The molecule has 2 saturated carbocycles. The molecule has 4 aromatic rings. The van der Waals surface area contributed by atoms with Crippen LogP contribution in [-0.2, 0) is 0 Å². The normalized spacial score (nSPS) is 17.6. The second kappa shape index (κ2) is 12.5. The number of carboxylic acid groups (broad SMARTS) is 2. The number of carboxylic acids is 2. The highest BCUT2D eigenvalue weighted by atomic mass is 19.2. The Morgan fingerprint density at radius 3 is 1.73 bits per heavy atom. The van der Waals surface area contributed by atoms with Crippen molar-refractivity contribution in [3.63, 3.8) is 0 Å². The lowest BCUT2D eigenvalue weighted by Crippen LogP contribution is -2.49. The van der Waals surface area contributed by atoms with Gasteiger partial charge in [0.05, 0.1) is 36.0 Å². The Morgan fingerprint density at radius 2 is 1.29 bits per heavy atom. The van der Waals surface area contributed by atoms with Gasteiger partial charge in [0.1, 0.15) is 16.8 Å². The van der Waals surface area contributed by atoms with Crippen molar-refractivity contribution in [1.82, 2.24) is 14.5 Å². The standard InChI is InChI=1S/C19H22FN3O4.C14H11F2NO4/c1-10-8-22(6-5-21-10)16-14(20)7-12-15(18(16)27-2)23(11-3-4-11)9-13(17(12)24)19(25)26;1-21-13-10(16)9(15)4-7-11(13)17(6-2-3-6)5-8(12(7)18)14(19)20/h7,9-11,21H,3-6,8H2,1-2H3,(H,25,26);4-6H,2-3H2,1H3,(H,19,20). The van der Waals surface area contributed by atoms with Crippen LogP contribution in [0.4, 0.5) is 18.9 Å². The lowest BCUT2D eigenvalue weighted by Gasteiger charge is -2.35. The van der Waals surface area contributed by atoms with Gasteiger partial charge in [-0.15, -0.1) is 0 Å². The number of halogens is 3. The molecule has 254 valence electrons. The third-order valence-electron chi connectivity index (χ3n) is 8.80. The first-order chi connectivity index (χ1) is 22.9. The van der Waals surface area contributed by atoms with Crippen LogP contribution in [0.1, 0.15) is 65.4 Å². The molecule has 3 heterocycles. The van der Waals surface area contributed by atoms with Crippen LogP contribution >= 0.6 is 0 Å². The van der Waals surface area contributed by atoms with Crippen molar-refractivity contribution in [2.24, 2.45) is 0 Å². The average molecular weight is 671 g/mol. The van der Waals surface area contributed by atoms with Gasteiger partial charge in [-0.05, 0) is 44.7 Å². The van der Waals surface area contributed by atoms with Crippen molar-refractivity contribution in [3.8, 4) is 11.5 Å². The third kappa shape index (κ3) is 5.71. The Labute approximate surface area is 270 Å². The zero-order valence-electron chi connectivity index (χ0n) is 26.3. The molecule has 7 rings (SSSR count). The summed E-state index contributed by atoms with van der Waals surface area (Å²) in [5.74, 6) is -5.82. The van der Waals surface area contributed by atoms with Crippen LogP contribution in [0, 0.1) is 17.5 Å². The van der Waals surface area contributed by atoms with Gasteiger partial charge in [-0.2, -0.15) is 4.39 Å². The summed E-state index contributed by atoms with van der Waals surface area (Å²) in [5, 5.41) is 21.6. The summed E-state index contributed by atoms with van der Waals surface area (Å²) in [6.07, 6.45) is 5.87. The van der Waals surface area contributed by atoms with Gasteiger partial charge in [0.15, 0.2) is 23.1 Å². The fraction of sp³-hybridized carbons (Fsp3) is 0.394. The van der Waals surface area contributed by atoms with E-state index in [1.807, 2.05) is 11.8 Å². The van der Waals surface area contributed by atoms with E-state index in [-0.39, 0.29) is 45.7 Å². The fourth-order valence-electron chi connectivity index (χ4n) is 6.27. The van der Waals surface area contributed by atoms with Gasteiger partial charge in [0.25, 0.3) is 0 Å². The topological polar surface area (TPSA) is 152 Å². The number of nitrogens with one attached hydrogen (secondary N) is 1. The SMILES string of the molecule is COc1c(F)c(F)cc2c(=O)c(C(=O)O)cn(C3CC3)c12.COc1c(N2CCNC(C)C2)c(F)cc2c(=O)c(C(=O)O)cn(C3CC3)c12. The van der Waals surface area contributed by atoms with Crippen LogP contribution in [-0.4, -0.2) is 71.2 Å². The van der Waals surface area contributed by atoms with Crippen LogP contribution < -0.4 is 30.5 Å².